The summed E-state index contributed by atoms with van der Waals surface area (Å²) >= 11 is 1.38. The van der Waals surface area contributed by atoms with Crippen molar-refractivity contribution in [2.45, 2.75) is 6.92 Å². The van der Waals surface area contributed by atoms with Gasteiger partial charge in [0.15, 0.2) is 11.5 Å². The van der Waals surface area contributed by atoms with Crippen LogP contribution in [0.2, 0.25) is 0 Å². The van der Waals surface area contributed by atoms with Crippen LogP contribution >= 0.6 is 11.3 Å². The summed E-state index contributed by atoms with van der Waals surface area (Å²) in [5.41, 5.74) is 2.06. The van der Waals surface area contributed by atoms with E-state index < -0.39 is 11.8 Å². The molecule has 1 aromatic heterocycles. The van der Waals surface area contributed by atoms with Gasteiger partial charge in [-0.2, -0.15) is 0 Å². The minimum absolute atomic E-state index is 0.140. The zero-order chi connectivity index (χ0) is 22.2. The Hall–Kier alpha value is -4.11. The number of hydrogen-bond acceptors (Lipinski definition) is 7. The molecular weight excluding hydrogens is 430 g/mol. The molecule has 2 N–H and O–H groups in total. The van der Waals surface area contributed by atoms with E-state index in [0.717, 1.165) is 4.90 Å². The number of rotatable bonds is 5. The number of carbonyl (C=O) groups excluding carboxylic acids is 3. The second-order valence-electron chi connectivity index (χ2n) is 7.09. The van der Waals surface area contributed by atoms with E-state index in [4.69, 9.17) is 9.47 Å². The molecule has 0 saturated carbocycles. The molecule has 0 bridgehead atoms. The van der Waals surface area contributed by atoms with Crippen molar-refractivity contribution in [2.75, 3.05) is 22.3 Å². The minimum Gasteiger partial charge on any atom is -0.454 e. The zero-order valence-electron chi connectivity index (χ0n) is 16.9. The van der Waals surface area contributed by atoms with Gasteiger partial charge >= 0.3 is 0 Å². The molecule has 0 fully saturated rings. The Morgan fingerprint density at radius 1 is 0.969 bits per heavy atom. The second kappa shape index (κ2) is 7.86. The van der Waals surface area contributed by atoms with Gasteiger partial charge in [-0.3, -0.25) is 14.4 Å². The summed E-state index contributed by atoms with van der Waals surface area (Å²) in [4.78, 5) is 39.8. The van der Waals surface area contributed by atoms with Gasteiger partial charge in [0.1, 0.15) is 5.70 Å². The van der Waals surface area contributed by atoms with Crippen LogP contribution in [0.25, 0.3) is 5.57 Å². The summed E-state index contributed by atoms with van der Waals surface area (Å²) in [5, 5.41) is 7.63. The minimum atomic E-state index is -0.469. The van der Waals surface area contributed by atoms with Crippen molar-refractivity contribution in [1.82, 2.24) is 0 Å². The van der Waals surface area contributed by atoms with Crippen molar-refractivity contribution in [2.24, 2.45) is 0 Å². The highest BCUT2D eigenvalue weighted by Gasteiger charge is 2.40. The number of ether oxygens (including phenoxy) is 2. The number of thiophene rings is 1. The highest BCUT2D eigenvalue weighted by Crippen LogP contribution is 2.38. The van der Waals surface area contributed by atoms with Gasteiger partial charge in [0.25, 0.3) is 11.8 Å². The molecule has 2 aliphatic heterocycles. The number of nitrogens with one attached hydrogen (secondary N) is 2. The van der Waals surface area contributed by atoms with Crippen LogP contribution < -0.4 is 25.0 Å². The Labute approximate surface area is 187 Å². The van der Waals surface area contributed by atoms with Gasteiger partial charge in [-0.25, -0.2) is 4.90 Å². The molecular formula is C23H17N3O5S. The fourth-order valence-electron chi connectivity index (χ4n) is 3.55. The Morgan fingerprint density at radius 3 is 2.44 bits per heavy atom. The number of carbonyl (C=O) groups is 3. The molecule has 3 heterocycles. The van der Waals surface area contributed by atoms with Crippen molar-refractivity contribution in [1.29, 1.82) is 0 Å². The van der Waals surface area contributed by atoms with E-state index in [1.165, 1.54) is 18.3 Å². The Morgan fingerprint density at radius 2 is 1.72 bits per heavy atom. The predicted molar refractivity (Wildman–Crippen MR) is 121 cm³/mol. The SMILES string of the molecule is CC(=O)Nc1ccc(N2C(=O)C(Nc3ccc4c(c3)OCO4)=C(c3cccs3)C2=O)cc1. The monoisotopic (exact) mass is 447 g/mol. The third-order valence-electron chi connectivity index (χ3n) is 4.94. The van der Waals surface area contributed by atoms with Gasteiger partial charge in [-0.05, 0) is 47.8 Å². The largest absolute Gasteiger partial charge is 0.454 e. The summed E-state index contributed by atoms with van der Waals surface area (Å²) in [6.45, 7) is 1.55. The highest BCUT2D eigenvalue weighted by atomic mass is 32.1. The average Bonchev–Trinajstić information content (AvgIpc) is 3.49. The molecule has 2 aliphatic rings. The lowest BCUT2D eigenvalue weighted by molar-refractivity contribution is -0.120. The van der Waals surface area contributed by atoms with Crippen LogP contribution in [0.4, 0.5) is 17.1 Å². The molecule has 0 aliphatic carbocycles. The average molecular weight is 447 g/mol. The standard InChI is InChI=1S/C23H17N3O5S/c1-13(27)24-14-4-7-16(8-5-14)26-22(28)20(19-3-2-10-32-19)21(23(26)29)25-15-6-9-17-18(11-15)31-12-30-17/h2-11,25H,12H2,1H3,(H,24,27). The van der Waals surface area contributed by atoms with Gasteiger partial charge < -0.3 is 20.1 Å². The van der Waals surface area contributed by atoms with E-state index in [-0.39, 0.29) is 18.4 Å². The smallest absolute Gasteiger partial charge is 0.282 e. The maximum atomic E-state index is 13.4. The number of anilines is 3. The summed E-state index contributed by atoms with van der Waals surface area (Å²) in [7, 11) is 0. The van der Waals surface area contributed by atoms with Crippen molar-refractivity contribution >= 4 is 51.7 Å². The Kier molecular flexibility index (Phi) is 4.87. The molecule has 2 aromatic carbocycles. The molecule has 5 rings (SSSR count). The number of hydrogen-bond donors (Lipinski definition) is 2. The van der Waals surface area contributed by atoms with Gasteiger partial charge in [-0.1, -0.05) is 6.07 Å². The van der Waals surface area contributed by atoms with Gasteiger partial charge in [-0.15, -0.1) is 11.3 Å². The Bertz CT molecular complexity index is 1270. The van der Waals surface area contributed by atoms with Crippen LogP contribution in [0.1, 0.15) is 11.8 Å². The first-order chi connectivity index (χ1) is 15.5. The molecule has 0 radical (unpaired) electrons. The van der Waals surface area contributed by atoms with E-state index in [1.54, 1.807) is 48.5 Å². The second-order valence-corrected chi connectivity index (χ2v) is 8.04. The van der Waals surface area contributed by atoms with Crippen molar-refractivity contribution in [3.05, 3.63) is 70.6 Å². The topological polar surface area (TPSA) is 97.0 Å². The molecule has 0 atom stereocenters. The van der Waals surface area contributed by atoms with Crippen LogP contribution in [0.15, 0.2) is 65.7 Å². The normalized spacial score (nSPS) is 14.8. The maximum absolute atomic E-state index is 13.4. The first-order valence-electron chi connectivity index (χ1n) is 9.72. The number of benzene rings is 2. The van der Waals surface area contributed by atoms with Gasteiger partial charge in [0.05, 0.1) is 11.3 Å². The van der Waals surface area contributed by atoms with E-state index in [9.17, 15) is 14.4 Å². The van der Waals surface area contributed by atoms with Crippen molar-refractivity contribution in [3.63, 3.8) is 0 Å². The molecule has 0 unspecified atom stereocenters. The molecule has 3 amide bonds. The fourth-order valence-corrected chi connectivity index (χ4v) is 4.31. The number of imide groups is 1. The molecule has 8 nitrogen and oxygen atoms in total. The summed E-state index contributed by atoms with van der Waals surface area (Å²) < 4.78 is 10.7. The molecule has 160 valence electrons. The zero-order valence-corrected chi connectivity index (χ0v) is 17.7. The number of nitrogens with zero attached hydrogens (tertiary/aromatic N) is 1. The lowest BCUT2D eigenvalue weighted by atomic mass is 10.1. The van der Waals surface area contributed by atoms with Crippen LogP contribution in [0, 0.1) is 0 Å². The molecule has 0 spiro atoms. The van der Waals surface area contributed by atoms with Gasteiger partial charge in [0, 0.05) is 29.2 Å². The van der Waals surface area contributed by atoms with E-state index in [0.29, 0.717) is 39.0 Å². The molecule has 0 saturated heterocycles. The molecule has 3 aromatic rings. The summed E-state index contributed by atoms with van der Waals surface area (Å²) in [6.07, 6.45) is 0. The quantitative estimate of drug-likeness (QED) is 0.577. The lowest BCUT2D eigenvalue weighted by Crippen LogP contribution is -2.32. The first-order valence-corrected chi connectivity index (χ1v) is 10.6. The lowest BCUT2D eigenvalue weighted by Gasteiger charge is -2.16. The van der Waals surface area contributed by atoms with E-state index >= 15 is 0 Å². The van der Waals surface area contributed by atoms with Crippen molar-refractivity contribution < 1.29 is 23.9 Å². The number of fused-ring (bicyclic) bond motifs is 1. The third kappa shape index (κ3) is 3.48. The maximum Gasteiger partial charge on any atom is 0.282 e. The summed E-state index contributed by atoms with van der Waals surface area (Å²) in [5.74, 6) is 0.0902. The Balaban J connectivity index is 1.50. The van der Waals surface area contributed by atoms with Crippen LogP contribution in [-0.4, -0.2) is 24.5 Å². The number of amides is 3. The highest BCUT2D eigenvalue weighted by molar-refractivity contribution is 7.11. The third-order valence-corrected chi connectivity index (χ3v) is 5.83. The fraction of sp³-hybridized carbons (Fsp3) is 0.0870. The first kappa shape index (κ1) is 19.8. The van der Waals surface area contributed by atoms with Crippen LogP contribution in [0.5, 0.6) is 11.5 Å². The summed E-state index contributed by atoms with van der Waals surface area (Å²) in [6, 6.07) is 15.4. The van der Waals surface area contributed by atoms with Crippen LogP contribution in [-0.2, 0) is 14.4 Å². The van der Waals surface area contributed by atoms with Gasteiger partial charge in [0.2, 0.25) is 12.7 Å². The van der Waals surface area contributed by atoms with Crippen LogP contribution in [0.3, 0.4) is 0 Å². The molecule has 9 heteroatoms. The predicted octanol–water partition coefficient (Wildman–Crippen LogP) is 3.83. The van der Waals surface area contributed by atoms with E-state index in [2.05, 4.69) is 10.6 Å². The van der Waals surface area contributed by atoms with Crippen molar-refractivity contribution in [3.8, 4) is 11.5 Å². The molecule has 32 heavy (non-hydrogen) atoms. The van der Waals surface area contributed by atoms with E-state index in [1.807, 2.05) is 11.4 Å².